The van der Waals surface area contributed by atoms with Crippen molar-refractivity contribution >= 4 is 22.4 Å². The van der Waals surface area contributed by atoms with E-state index in [9.17, 15) is 9.59 Å². The number of hydrazone groups is 1. The van der Waals surface area contributed by atoms with Crippen molar-refractivity contribution in [3.63, 3.8) is 0 Å². The molecule has 2 aromatic rings. The molecule has 0 bridgehead atoms. The second-order valence-corrected chi connectivity index (χ2v) is 6.97. The van der Waals surface area contributed by atoms with Crippen LogP contribution >= 0.6 is 0 Å². The van der Waals surface area contributed by atoms with Crippen molar-refractivity contribution in [1.82, 2.24) is 15.2 Å². The molecule has 0 unspecified atom stereocenters. The Bertz CT molecular complexity index is 885. The predicted molar refractivity (Wildman–Crippen MR) is 103 cm³/mol. The Labute approximate surface area is 153 Å². The lowest BCUT2D eigenvalue weighted by atomic mass is 9.89. The first-order chi connectivity index (χ1) is 12.6. The van der Waals surface area contributed by atoms with E-state index in [1.165, 1.54) is 11.1 Å². The van der Waals surface area contributed by atoms with Gasteiger partial charge in [0.05, 0.1) is 5.39 Å². The zero-order valence-electron chi connectivity index (χ0n) is 15.5. The van der Waals surface area contributed by atoms with Gasteiger partial charge in [0.1, 0.15) is 0 Å². The summed E-state index contributed by atoms with van der Waals surface area (Å²) in [5.74, 6) is 0.0315. The molecule has 3 rings (SSSR count). The van der Waals surface area contributed by atoms with Gasteiger partial charge in [-0.2, -0.15) is 10.2 Å². The number of hydrogen-bond acceptors (Lipinski definition) is 4. The molecule has 1 saturated carbocycles. The molecule has 1 amide bonds. The van der Waals surface area contributed by atoms with Crippen LogP contribution in [0.2, 0.25) is 0 Å². The van der Waals surface area contributed by atoms with Crippen molar-refractivity contribution in [2.75, 3.05) is 0 Å². The van der Waals surface area contributed by atoms with E-state index < -0.39 is 0 Å². The Morgan fingerprint density at radius 1 is 1.31 bits per heavy atom. The van der Waals surface area contributed by atoms with Crippen LogP contribution in [0.5, 0.6) is 0 Å². The molecule has 6 heteroatoms. The van der Waals surface area contributed by atoms with Gasteiger partial charge in [-0.3, -0.25) is 9.59 Å². The molecule has 1 N–H and O–H groups in total. The molecule has 1 heterocycles. The summed E-state index contributed by atoms with van der Waals surface area (Å²) in [5, 5.41) is 9.78. The van der Waals surface area contributed by atoms with Crippen LogP contribution in [-0.2, 0) is 6.54 Å². The van der Waals surface area contributed by atoms with Crippen molar-refractivity contribution < 1.29 is 4.79 Å². The molecule has 1 aromatic heterocycles. The fourth-order valence-corrected chi connectivity index (χ4v) is 3.37. The first-order valence-electron chi connectivity index (χ1n) is 9.48. The Balaban J connectivity index is 1.95. The van der Waals surface area contributed by atoms with Gasteiger partial charge in [0.15, 0.2) is 5.69 Å². The van der Waals surface area contributed by atoms with E-state index in [4.69, 9.17) is 0 Å². The van der Waals surface area contributed by atoms with Crippen LogP contribution in [0, 0.1) is 5.92 Å². The Hall–Kier alpha value is -2.50. The molecule has 1 atom stereocenters. The van der Waals surface area contributed by atoms with Gasteiger partial charge in [-0.25, -0.2) is 10.1 Å². The summed E-state index contributed by atoms with van der Waals surface area (Å²) in [4.78, 5) is 25.3. The molecule has 0 radical (unpaired) electrons. The van der Waals surface area contributed by atoms with Gasteiger partial charge in [0, 0.05) is 17.6 Å². The molecule has 26 heavy (non-hydrogen) atoms. The maximum atomic E-state index is 12.7. The van der Waals surface area contributed by atoms with Crippen molar-refractivity contribution in [2.24, 2.45) is 11.0 Å². The summed E-state index contributed by atoms with van der Waals surface area (Å²) in [5.41, 5.74) is 3.80. The monoisotopic (exact) mass is 354 g/mol. The summed E-state index contributed by atoms with van der Waals surface area (Å²) in [6.45, 7) is 4.70. The molecule has 0 spiro atoms. The largest absolute Gasteiger partial charge is 0.292 e. The van der Waals surface area contributed by atoms with Gasteiger partial charge in [-0.05, 0) is 37.7 Å². The van der Waals surface area contributed by atoms with Crippen molar-refractivity contribution in [1.29, 1.82) is 0 Å². The minimum atomic E-state index is -0.364. The van der Waals surface area contributed by atoms with Crippen LogP contribution in [0.1, 0.15) is 62.9 Å². The van der Waals surface area contributed by atoms with Gasteiger partial charge < -0.3 is 0 Å². The number of fused-ring (bicyclic) bond motifs is 1. The lowest BCUT2D eigenvalue weighted by molar-refractivity contribution is 0.0949. The third kappa shape index (κ3) is 3.84. The Morgan fingerprint density at radius 3 is 2.81 bits per heavy atom. The summed E-state index contributed by atoms with van der Waals surface area (Å²) in [6.07, 6.45) is 6.15. The van der Waals surface area contributed by atoms with E-state index in [1.807, 2.05) is 6.07 Å². The number of carbonyl (C=O) groups excluding carboxylic acids is 1. The number of aryl methyl sites for hydroxylation is 1. The molecule has 1 aliphatic rings. The number of rotatable bonds is 5. The summed E-state index contributed by atoms with van der Waals surface area (Å²) in [6, 6.07) is 7.12. The maximum absolute atomic E-state index is 12.7. The summed E-state index contributed by atoms with van der Waals surface area (Å²) in [7, 11) is 0. The molecule has 138 valence electrons. The predicted octanol–water partition coefficient (Wildman–Crippen LogP) is 3.49. The molecule has 1 aromatic carbocycles. The van der Waals surface area contributed by atoms with E-state index in [-0.39, 0.29) is 17.2 Å². The van der Waals surface area contributed by atoms with Crippen LogP contribution in [0.4, 0.5) is 0 Å². The van der Waals surface area contributed by atoms with Crippen LogP contribution in [0.15, 0.2) is 34.2 Å². The van der Waals surface area contributed by atoms with Crippen molar-refractivity contribution in [3.8, 4) is 0 Å². The maximum Gasteiger partial charge on any atom is 0.292 e. The number of nitrogens with one attached hydrogen (secondary N) is 1. The second kappa shape index (κ2) is 8.25. The fourth-order valence-electron chi connectivity index (χ4n) is 3.37. The number of amides is 1. The van der Waals surface area contributed by atoms with Crippen LogP contribution in [0.3, 0.4) is 0 Å². The molecule has 1 fully saturated rings. The zero-order chi connectivity index (χ0) is 18.5. The zero-order valence-corrected chi connectivity index (χ0v) is 15.5. The van der Waals surface area contributed by atoms with Crippen LogP contribution < -0.4 is 11.0 Å². The third-order valence-corrected chi connectivity index (χ3v) is 5.00. The molecule has 0 saturated heterocycles. The SMILES string of the molecule is CCCCn1nc(C(=O)N/N=C2/CCCC[C@@H]2C)c2ccccc2c1=O. The number of hydrogen-bond donors (Lipinski definition) is 1. The number of benzene rings is 1. The van der Waals surface area contributed by atoms with Crippen molar-refractivity contribution in [2.45, 2.75) is 58.9 Å². The normalized spacial score (nSPS) is 19.0. The molecular weight excluding hydrogens is 328 g/mol. The number of unbranched alkanes of at least 4 members (excludes halogenated alkanes) is 1. The highest BCUT2D eigenvalue weighted by Crippen LogP contribution is 2.21. The summed E-state index contributed by atoms with van der Waals surface area (Å²) >= 11 is 0. The lowest BCUT2D eigenvalue weighted by Crippen LogP contribution is -2.30. The molecule has 6 nitrogen and oxygen atoms in total. The highest BCUT2D eigenvalue weighted by atomic mass is 16.2. The molecule has 0 aliphatic heterocycles. The Kier molecular flexibility index (Phi) is 5.81. The highest BCUT2D eigenvalue weighted by molar-refractivity contribution is 6.05. The second-order valence-electron chi connectivity index (χ2n) is 6.97. The smallest absolute Gasteiger partial charge is 0.267 e. The summed E-state index contributed by atoms with van der Waals surface area (Å²) < 4.78 is 1.40. The molecule has 1 aliphatic carbocycles. The van der Waals surface area contributed by atoms with E-state index in [1.54, 1.807) is 18.2 Å². The van der Waals surface area contributed by atoms with Crippen LogP contribution in [0.25, 0.3) is 10.8 Å². The quantitative estimate of drug-likeness (QED) is 0.835. The van der Waals surface area contributed by atoms with Gasteiger partial charge in [-0.1, -0.05) is 44.9 Å². The number of aromatic nitrogens is 2. The number of carbonyl (C=O) groups is 1. The topological polar surface area (TPSA) is 76.3 Å². The van der Waals surface area contributed by atoms with E-state index >= 15 is 0 Å². The number of nitrogens with zero attached hydrogens (tertiary/aromatic N) is 3. The van der Waals surface area contributed by atoms with E-state index in [2.05, 4.69) is 29.5 Å². The minimum Gasteiger partial charge on any atom is -0.267 e. The first-order valence-corrected chi connectivity index (χ1v) is 9.48. The van der Waals surface area contributed by atoms with E-state index in [0.29, 0.717) is 23.2 Å². The van der Waals surface area contributed by atoms with Crippen LogP contribution in [-0.4, -0.2) is 21.4 Å². The first kappa shape index (κ1) is 18.3. The molecular formula is C20H26N4O2. The van der Waals surface area contributed by atoms with Gasteiger partial charge in [-0.15, -0.1) is 0 Å². The minimum absolute atomic E-state index is 0.155. The van der Waals surface area contributed by atoms with E-state index in [0.717, 1.165) is 37.8 Å². The average molecular weight is 354 g/mol. The Morgan fingerprint density at radius 2 is 2.08 bits per heavy atom. The van der Waals surface area contributed by atoms with Gasteiger partial charge in [0.25, 0.3) is 11.5 Å². The lowest BCUT2D eigenvalue weighted by Gasteiger charge is -2.19. The third-order valence-electron chi connectivity index (χ3n) is 5.00. The fraction of sp³-hybridized carbons (Fsp3) is 0.500. The standard InChI is InChI=1S/C20H26N4O2/c1-3-4-13-24-20(26)16-11-7-6-10-15(16)18(23-24)19(25)22-21-17-12-8-5-9-14(17)2/h6-7,10-11,14H,3-5,8-9,12-13H2,1-2H3,(H,22,25)/b21-17-/t14-/m0/s1. The highest BCUT2D eigenvalue weighted by Gasteiger charge is 2.19. The average Bonchev–Trinajstić information content (AvgIpc) is 2.67. The van der Waals surface area contributed by atoms with Crippen molar-refractivity contribution in [3.05, 3.63) is 40.3 Å². The van der Waals surface area contributed by atoms with Gasteiger partial charge >= 0.3 is 0 Å². The van der Waals surface area contributed by atoms with Gasteiger partial charge in [0.2, 0.25) is 0 Å².